The van der Waals surface area contributed by atoms with Crippen molar-refractivity contribution in [3.8, 4) is 0 Å². The number of aliphatic hydroxyl groups is 1. The first-order valence-electron chi connectivity index (χ1n) is 4.36. The van der Waals surface area contributed by atoms with E-state index in [0.717, 1.165) is 0 Å². The molecule has 2 heteroatoms. The maximum Gasteiger partial charge on any atom is 0.0631 e. The third-order valence-electron chi connectivity index (χ3n) is 1.80. The lowest BCUT2D eigenvalue weighted by Crippen LogP contribution is -2.21. The highest BCUT2D eigenvalue weighted by Gasteiger charge is 2.12. The smallest absolute Gasteiger partial charge is 0.0631 e. The molecular weight excluding hydrogens is 180 g/mol. The van der Waals surface area contributed by atoms with Gasteiger partial charge in [-0.25, -0.2) is 0 Å². The SMILES string of the molecule is CSc1ccc(CC(C)(C)O)cc1. The molecule has 0 heterocycles. The Hall–Kier alpha value is -0.470. The summed E-state index contributed by atoms with van der Waals surface area (Å²) in [7, 11) is 0. The molecule has 1 nitrogen and oxygen atoms in total. The molecule has 0 radical (unpaired) electrons. The van der Waals surface area contributed by atoms with Crippen LogP contribution in [0.5, 0.6) is 0 Å². The quantitative estimate of drug-likeness (QED) is 0.750. The Morgan fingerprint density at radius 1 is 1.23 bits per heavy atom. The van der Waals surface area contributed by atoms with Gasteiger partial charge in [-0.2, -0.15) is 0 Å². The van der Waals surface area contributed by atoms with Gasteiger partial charge in [-0.15, -0.1) is 11.8 Å². The zero-order valence-electron chi connectivity index (χ0n) is 8.37. The first-order chi connectivity index (χ1) is 6.01. The lowest BCUT2D eigenvalue weighted by molar-refractivity contribution is 0.0810. The summed E-state index contributed by atoms with van der Waals surface area (Å²) in [5.41, 5.74) is 0.575. The van der Waals surface area contributed by atoms with Crippen molar-refractivity contribution < 1.29 is 5.11 Å². The molecule has 1 aromatic rings. The van der Waals surface area contributed by atoms with Crippen LogP contribution in [0.2, 0.25) is 0 Å². The van der Waals surface area contributed by atoms with Crippen LogP contribution in [0, 0.1) is 0 Å². The number of hydrogen-bond acceptors (Lipinski definition) is 2. The number of hydrogen-bond donors (Lipinski definition) is 1. The standard InChI is InChI=1S/C11H16OS/c1-11(2,12)8-9-4-6-10(13-3)7-5-9/h4-7,12H,8H2,1-3H3. The molecule has 0 aliphatic carbocycles. The topological polar surface area (TPSA) is 20.2 Å². The minimum absolute atomic E-state index is 0.610. The number of rotatable bonds is 3. The predicted molar refractivity (Wildman–Crippen MR) is 58.2 cm³/mol. The zero-order valence-corrected chi connectivity index (χ0v) is 9.19. The molecule has 1 rings (SSSR count). The van der Waals surface area contributed by atoms with E-state index in [0.29, 0.717) is 6.42 Å². The molecule has 0 unspecified atom stereocenters. The van der Waals surface area contributed by atoms with E-state index in [2.05, 4.69) is 30.5 Å². The number of benzene rings is 1. The summed E-state index contributed by atoms with van der Waals surface area (Å²) in [6.07, 6.45) is 2.77. The summed E-state index contributed by atoms with van der Waals surface area (Å²) in [6.45, 7) is 3.66. The van der Waals surface area contributed by atoms with E-state index in [-0.39, 0.29) is 0 Å². The molecule has 0 atom stereocenters. The average Bonchev–Trinajstić information content (AvgIpc) is 2.03. The molecule has 0 bridgehead atoms. The minimum atomic E-state index is -0.610. The fraction of sp³-hybridized carbons (Fsp3) is 0.455. The fourth-order valence-electron chi connectivity index (χ4n) is 1.24. The predicted octanol–water partition coefficient (Wildman–Crippen LogP) is 2.72. The van der Waals surface area contributed by atoms with Crippen molar-refractivity contribution in [1.82, 2.24) is 0 Å². The van der Waals surface area contributed by atoms with Gasteiger partial charge in [-0.05, 0) is 37.8 Å². The van der Waals surface area contributed by atoms with Gasteiger partial charge in [0.2, 0.25) is 0 Å². The molecule has 0 aromatic heterocycles. The van der Waals surface area contributed by atoms with Gasteiger partial charge in [0.05, 0.1) is 5.60 Å². The molecular formula is C11H16OS. The largest absolute Gasteiger partial charge is 0.390 e. The second-order valence-electron chi connectivity index (χ2n) is 3.84. The Kier molecular flexibility index (Phi) is 3.40. The van der Waals surface area contributed by atoms with Gasteiger partial charge in [0.15, 0.2) is 0 Å². The van der Waals surface area contributed by atoms with Crippen molar-refractivity contribution in [3.63, 3.8) is 0 Å². The van der Waals surface area contributed by atoms with Crippen LogP contribution in [0.3, 0.4) is 0 Å². The Bertz CT molecular complexity index is 258. The second kappa shape index (κ2) is 4.16. The Balaban J connectivity index is 2.70. The van der Waals surface area contributed by atoms with Crippen LogP contribution < -0.4 is 0 Å². The number of thioether (sulfide) groups is 1. The van der Waals surface area contributed by atoms with Crippen LogP contribution in [0.4, 0.5) is 0 Å². The highest BCUT2D eigenvalue weighted by molar-refractivity contribution is 7.98. The summed E-state index contributed by atoms with van der Waals surface area (Å²) < 4.78 is 0. The molecule has 0 saturated carbocycles. The molecule has 0 amide bonds. The van der Waals surface area contributed by atoms with Crippen LogP contribution in [0.25, 0.3) is 0 Å². The summed E-state index contributed by atoms with van der Waals surface area (Å²) in [5, 5.41) is 9.59. The van der Waals surface area contributed by atoms with E-state index in [1.54, 1.807) is 11.8 Å². The molecule has 0 fully saturated rings. The lowest BCUT2D eigenvalue weighted by Gasteiger charge is -2.16. The molecule has 0 saturated heterocycles. The van der Waals surface area contributed by atoms with E-state index in [9.17, 15) is 5.11 Å². The molecule has 1 aromatic carbocycles. The normalized spacial score (nSPS) is 11.7. The van der Waals surface area contributed by atoms with Gasteiger partial charge < -0.3 is 5.11 Å². The van der Waals surface area contributed by atoms with Crippen LogP contribution in [-0.4, -0.2) is 17.0 Å². The minimum Gasteiger partial charge on any atom is -0.390 e. The summed E-state index contributed by atoms with van der Waals surface area (Å²) in [5.74, 6) is 0. The molecule has 0 spiro atoms. The zero-order chi connectivity index (χ0) is 9.90. The van der Waals surface area contributed by atoms with Crippen molar-refractivity contribution in [2.45, 2.75) is 30.8 Å². The average molecular weight is 196 g/mol. The maximum absolute atomic E-state index is 9.59. The monoisotopic (exact) mass is 196 g/mol. The second-order valence-corrected chi connectivity index (χ2v) is 4.72. The molecule has 1 N–H and O–H groups in total. The van der Waals surface area contributed by atoms with Crippen molar-refractivity contribution in [1.29, 1.82) is 0 Å². The van der Waals surface area contributed by atoms with Gasteiger partial charge in [0.1, 0.15) is 0 Å². The molecule has 0 aliphatic heterocycles. The van der Waals surface area contributed by atoms with Gasteiger partial charge >= 0.3 is 0 Å². The lowest BCUT2D eigenvalue weighted by atomic mass is 9.99. The van der Waals surface area contributed by atoms with Crippen molar-refractivity contribution in [3.05, 3.63) is 29.8 Å². The van der Waals surface area contributed by atoms with Gasteiger partial charge in [-0.1, -0.05) is 12.1 Å². The van der Waals surface area contributed by atoms with Crippen LogP contribution in [0.15, 0.2) is 29.2 Å². The van der Waals surface area contributed by atoms with Crippen LogP contribution in [-0.2, 0) is 6.42 Å². The first-order valence-corrected chi connectivity index (χ1v) is 5.59. The molecule has 13 heavy (non-hydrogen) atoms. The van der Waals surface area contributed by atoms with Gasteiger partial charge in [0, 0.05) is 11.3 Å². The van der Waals surface area contributed by atoms with Crippen LogP contribution in [0.1, 0.15) is 19.4 Å². The van der Waals surface area contributed by atoms with E-state index in [4.69, 9.17) is 0 Å². The Morgan fingerprint density at radius 3 is 2.15 bits per heavy atom. The van der Waals surface area contributed by atoms with Crippen molar-refractivity contribution in [2.75, 3.05) is 6.26 Å². The highest BCUT2D eigenvalue weighted by Crippen LogP contribution is 2.17. The third kappa shape index (κ3) is 3.83. The van der Waals surface area contributed by atoms with Crippen molar-refractivity contribution in [2.24, 2.45) is 0 Å². The van der Waals surface area contributed by atoms with Gasteiger partial charge in [0.25, 0.3) is 0 Å². The Morgan fingerprint density at radius 2 is 1.77 bits per heavy atom. The van der Waals surface area contributed by atoms with Crippen molar-refractivity contribution >= 4 is 11.8 Å². The van der Waals surface area contributed by atoms with E-state index >= 15 is 0 Å². The Labute approximate surface area is 84.2 Å². The fourth-order valence-corrected chi connectivity index (χ4v) is 1.65. The van der Waals surface area contributed by atoms with Crippen LogP contribution >= 0.6 is 11.8 Å². The summed E-state index contributed by atoms with van der Waals surface area (Å²) in [6, 6.07) is 8.32. The molecule has 72 valence electrons. The highest BCUT2D eigenvalue weighted by atomic mass is 32.2. The first kappa shape index (κ1) is 10.6. The van der Waals surface area contributed by atoms with Gasteiger partial charge in [-0.3, -0.25) is 0 Å². The van der Waals surface area contributed by atoms with E-state index in [1.165, 1.54) is 10.5 Å². The maximum atomic E-state index is 9.59. The van der Waals surface area contributed by atoms with E-state index in [1.807, 2.05) is 13.8 Å². The molecule has 0 aliphatic rings. The summed E-state index contributed by atoms with van der Waals surface area (Å²) in [4.78, 5) is 1.26. The van der Waals surface area contributed by atoms with E-state index < -0.39 is 5.60 Å². The third-order valence-corrected chi connectivity index (χ3v) is 2.54. The summed E-state index contributed by atoms with van der Waals surface area (Å²) >= 11 is 1.73.